The average molecular weight is 555 g/mol. The van der Waals surface area contributed by atoms with Crippen molar-refractivity contribution in [1.82, 2.24) is 10.2 Å². The number of aldehydes is 2. The SMILES string of the molecule is CCCC(C=O)N(C)Cc1c(C=O)cccc1SCCCCCCCNC1CC(C(=O)OC)CC(F)(F)C1. The van der Waals surface area contributed by atoms with Crippen molar-refractivity contribution in [3.05, 3.63) is 29.3 Å². The van der Waals surface area contributed by atoms with Crippen LogP contribution in [0.2, 0.25) is 0 Å². The Labute approximate surface area is 230 Å². The lowest BCUT2D eigenvalue weighted by Gasteiger charge is -2.34. The summed E-state index contributed by atoms with van der Waals surface area (Å²) in [5, 5.41) is 3.22. The van der Waals surface area contributed by atoms with Crippen molar-refractivity contribution in [3.8, 4) is 0 Å². The second-order valence-corrected chi connectivity index (χ2v) is 11.5. The number of nitrogens with zero attached hydrogens (tertiary/aromatic N) is 1. The summed E-state index contributed by atoms with van der Waals surface area (Å²) < 4.78 is 32.7. The monoisotopic (exact) mass is 554 g/mol. The van der Waals surface area contributed by atoms with Gasteiger partial charge in [0.25, 0.3) is 5.92 Å². The largest absolute Gasteiger partial charge is 0.469 e. The summed E-state index contributed by atoms with van der Waals surface area (Å²) >= 11 is 1.75. The normalized spacial score (nSPS) is 19.7. The lowest BCUT2D eigenvalue weighted by atomic mass is 9.83. The molecule has 9 heteroatoms. The number of hydrogen-bond donors (Lipinski definition) is 1. The molecule has 0 heterocycles. The van der Waals surface area contributed by atoms with E-state index in [2.05, 4.69) is 17.0 Å². The van der Waals surface area contributed by atoms with Gasteiger partial charge in [-0.25, -0.2) is 8.78 Å². The van der Waals surface area contributed by atoms with Gasteiger partial charge in [-0.3, -0.25) is 14.5 Å². The molecule has 38 heavy (non-hydrogen) atoms. The van der Waals surface area contributed by atoms with E-state index in [0.29, 0.717) is 25.1 Å². The summed E-state index contributed by atoms with van der Waals surface area (Å²) in [6.07, 6.45) is 8.45. The maximum absolute atomic E-state index is 14.0. The molecule has 214 valence electrons. The zero-order chi connectivity index (χ0) is 28.0. The maximum Gasteiger partial charge on any atom is 0.308 e. The summed E-state index contributed by atoms with van der Waals surface area (Å²) in [6, 6.07) is 5.26. The molecule has 0 saturated heterocycles. The van der Waals surface area contributed by atoms with Gasteiger partial charge in [-0.2, -0.15) is 0 Å². The van der Waals surface area contributed by atoms with Gasteiger partial charge >= 0.3 is 5.97 Å². The molecule has 0 radical (unpaired) electrons. The number of halogens is 2. The van der Waals surface area contributed by atoms with Crippen molar-refractivity contribution in [3.63, 3.8) is 0 Å². The van der Waals surface area contributed by atoms with Crippen LogP contribution in [0.25, 0.3) is 0 Å². The molecule has 0 spiro atoms. The van der Waals surface area contributed by atoms with Crippen LogP contribution in [0.1, 0.15) is 87.1 Å². The number of methoxy groups -OCH3 is 1. The standard InChI is InChI=1S/C29H44F2N2O4S/c1-4-11-25(21-35)33(2)19-26-22(20-34)12-10-13-27(26)38-15-9-7-5-6-8-14-32-24-16-23(28(36)37-3)17-29(30,31)18-24/h10,12-13,20-21,23-25,32H,4-9,11,14-19H2,1-3H3. The van der Waals surface area contributed by atoms with Crippen LogP contribution in [0.5, 0.6) is 0 Å². The number of rotatable bonds is 18. The molecular weight excluding hydrogens is 510 g/mol. The van der Waals surface area contributed by atoms with Crippen molar-refractivity contribution >= 4 is 30.3 Å². The molecule has 0 bridgehead atoms. The van der Waals surface area contributed by atoms with E-state index in [9.17, 15) is 23.2 Å². The Bertz CT molecular complexity index is 886. The summed E-state index contributed by atoms with van der Waals surface area (Å²) in [4.78, 5) is 38.0. The molecule has 0 amide bonds. The Morgan fingerprint density at radius 1 is 1.21 bits per heavy atom. The summed E-state index contributed by atoms with van der Waals surface area (Å²) in [7, 11) is 3.17. The fourth-order valence-electron chi connectivity index (χ4n) is 5.11. The predicted molar refractivity (Wildman–Crippen MR) is 148 cm³/mol. The number of esters is 1. The topological polar surface area (TPSA) is 75.7 Å². The first kappa shape index (κ1) is 32.4. The minimum Gasteiger partial charge on any atom is -0.469 e. The third-order valence-electron chi connectivity index (χ3n) is 7.22. The Morgan fingerprint density at radius 3 is 2.63 bits per heavy atom. The Balaban J connectivity index is 1.70. The van der Waals surface area contributed by atoms with Crippen LogP contribution in [-0.2, 0) is 20.9 Å². The number of thioether (sulfide) groups is 1. The fraction of sp³-hybridized carbons (Fsp3) is 0.690. The van der Waals surface area contributed by atoms with E-state index in [1.54, 1.807) is 11.8 Å². The van der Waals surface area contributed by atoms with Crippen LogP contribution in [0.3, 0.4) is 0 Å². The average Bonchev–Trinajstić information content (AvgIpc) is 2.89. The number of ether oxygens (including phenoxy) is 1. The molecule has 1 N–H and O–H groups in total. The molecule has 1 aliphatic carbocycles. The van der Waals surface area contributed by atoms with Gasteiger partial charge in [0.15, 0.2) is 0 Å². The van der Waals surface area contributed by atoms with Gasteiger partial charge in [0.1, 0.15) is 12.6 Å². The van der Waals surface area contributed by atoms with E-state index in [1.165, 1.54) is 7.11 Å². The van der Waals surface area contributed by atoms with Gasteiger partial charge in [0, 0.05) is 35.9 Å². The highest BCUT2D eigenvalue weighted by Gasteiger charge is 2.44. The van der Waals surface area contributed by atoms with Crippen molar-refractivity contribution in [2.24, 2.45) is 5.92 Å². The number of carbonyl (C=O) groups is 3. The highest BCUT2D eigenvalue weighted by Crippen LogP contribution is 2.37. The highest BCUT2D eigenvalue weighted by molar-refractivity contribution is 7.99. The summed E-state index contributed by atoms with van der Waals surface area (Å²) in [5.74, 6) is -3.18. The molecule has 3 atom stereocenters. The van der Waals surface area contributed by atoms with Gasteiger partial charge in [-0.1, -0.05) is 44.7 Å². The molecular formula is C29H44F2N2O4S. The summed E-state index contributed by atoms with van der Waals surface area (Å²) in [6.45, 7) is 3.28. The fourth-order valence-corrected chi connectivity index (χ4v) is 6.21. The zero-order valence-electron chi connectivity index (χ0n) is 23.1. The lowest BCUT2D eigenvalue weighted by Crippen LogP contribution is -2.45. The van der Waals surface area contributed by atoms with Crippen LogP contribution >= 0.6 is 11.8 Å². The van der Waals surface area contributed by atoms with E-state index in [1.807, 2.05) is 30.1 Å². The third kappa shape index (κ3) is 10.7. The Morgan fingerprint density at radius 2 is 1.95 bits per heavy atom. The van der Waals surface area contributed by atoms with Crippen molar-refractivity contribution in [2.45, 2.75) is 101 Å². The van der Waals surface area contributed by atoms with Crippen LogP contribution in [0.4, 0.5) is 8.78 Å². The zero-order valence-corrected chi connectivity index (χ0v) is 23.9. The quantitative estimate of drug-likeness (QED) is 0.105. The first-order chi connectivity index (χ1) is 18.2. The molecule has 1 saturated carbocycles. The highest BCUT2D eigenvalue weighted by atomic mass is 32.2. The number of unbranched alkanes of at least 4 members (excludes halogenated alkanes) is 4. The van der Waals surface area contributed by atoms with Gasteiger partial charge in [-0.05, 0) is 56.7 Å². The molecule has 2 rings (SSSR count). The van der Waals surface area contributed by atoms with Crippen LogP contribution in [-0.4, -0.2) is 67.9 Å². The van der Waals surface area contributed by atoms with Gasteiger partial charge < -0.3 is 14.8 Å². The van der Waals surface area contributed by atoms with Gasteiger partial charge in [0.05, 0.1) is 19.1 Å². The first-order valence-electron chi connectivity index (χ1n) is 13.8. The van der Waals surface area contributed by atoms with E-state index in [-0.39, 0.29) is 18.5 Å². The number of nitrogens with one attached hydrogen (secondary N) is 1. The number of likely N-dealkylation sites (N-methyl/N-ethyl adjacent to an activating group) is 1. The van der Waals surface area contributed by atoms with E-state index in [0.717, 1.165) is 73.7 Å². The Hall–Kier alpha value is -1.84. The smallest absolute Gasteiger partial charge is 0.308 e. The van der Waals surface area contributed by atoms with Gasteiger partial charge in [0.2, 0.25) is 0 Å². The van der Waals surface area contributed by atoms with Crippen molar-refractivity contribution in [2.75, 3.05) is 26.5 Å². The molecule has 6 nitrogen and oxygen atoms in total. The molecule has 1 aromatic rings. The second kappa shape index (κ2) is 17.0. The van der Waals surface area contributed by atoms with Gasteiger partial charge in [-0.15, -0.1) is 11.8 Å². The number of hydrogen-bond acceptors (Lipinski definition) is 7. The van der Waals surface area contributed by atoms with E-state index < -0.39 is 24.2 Å². The lowest BCUT2D eigenvalue weighted by molar-refractivity contribution is -0.153. The molecule has 0 aromatic heterocycles. The first-order valence-corrected chi connectivity index (χ1v) is 14.8. The van der Waals surface area contributed by atoms with Crippen molar-refractivity contribution in [1.29, 1.82) is 0 Å². The van der Waals surface area contributed by atoms with Crippen LogP contribution < -0.4 is 5.32 Å². The maximum atomic E-state index is 14.0. The number of alkyl halides is 2. The van der Waals surface area contributed by atoms with Crippen molar-refractivity contribution < 1.29 is 27.9 Å². The third-order valence-corrected chi connectivity index (χ3v) is 8.40. The molecule has 1 aromatic carbocycles. The molecule has 1 fully saturated rings. The molecule has 1 aliphatic rings. The minimum atomic E-state index is -2.83. The van der Waals surface area contributed by atoms with Crippen LogP contribution in [0.15, 0.2) is 23.1 Å². The predicted octanol–water partition coefficient (Wildman–Crippen LogP) is 5.91. The molecule has 0 aliphatic heterocycles. The molecule has 3 unspecified atom stereocenters. The van der Waals surface area contributed by atoms with E-state index >= 15 is 0 Å². The van der Waals surface area contributed by atoms with Crippen LogP contribution in [0, 0.1) is 5.92 Å². The van der Waals surface area contributed by atoms with E-state index in [4.69, 9.17) is 0 Å². The number of carbonyl (C=O) groups excluding carboxylic acids is 3. The minimum absolute atomic E-state index is 0.157. The second-order valence-electron chi connectivity index (χ2n) is 10.3. The number of benzene rings is 1. The Kier molecular flexibility index (Phi) is 14.5. The summed E-state index contributed by atoms with van der Waals surface area (Å²) in [5.41, 5.74) is 1.65.